The van der Waals surface area contributed by atoms with E-state index in [-0.39, 0.29) is 12.1 Å². The Bertz CT molecular complexity index is 679. The van der Waals surface area contributed by atoms with Crippen LogP contribution in [0.25, 0.3) is 0 Å². The number of nitrogens with zero attached hydrogens (tertiary/aromatic N) is 1. The molecule has 1 aliphatic heterocycles. The molecule has 1 saturated heterocycles. The van der Waals surface area contributed by atoms with Crippen LogP contribution in [0.15, 0.2) is 18.2 Å². The van der Waals surface area contributed by atoms with Crippen molar-refractivity contribution >= 4 is 18.1 Å². The van der Waals surface area contributed by atoms with Gasteiger partial charge in [-0.1, -0.05) is 6.07 Å². The molecule has 6 heteroatoms. The lowest BCUT2D eigenvalue weighted by molar-refractivity contribution is 0.0499. The lowest BCUT2D eigenvalue weighted by Crippen LogP contribution is -2.49. The third-order valence-corrected chi connectivity index (χ3v) is 4.96. The minimum absolute atomic E-state index is 0.0233. The summed E-state index contributed by atoms with van der Waals surface area (Å²) in [7, 11) is 0. The number of benzene rings is 1. The molecule has 0 spiro atoms. The van der Waals surface area contributed by atoms with Gasteiger partial charge < -0.3 is 19.7 Å². The minimum Gasteiger partial charge on any atom is -0.488 e. The van der Waals surface area contributed by atoms with Crippen LogP contribution in [0.4, 0.5) is 10.5 Å². The second-order valence-corrected chi connectivity index (χ2v) is 8.41. The number of para-hydroxylation sites is 1. The van der Waals surface area contributed by atoms with Crippen molar-refractivity contribution in [2.24, 2.45) is 0 Å². The monoisotopic (exact) mass is 374 g/mol. The first-order valence-electron chi connectivity index (χ1n) is 9.85. The number of hydrogen-bond acceptors (Lipinski definition) is 5. The summed E-state index contributed by atoms with van der Waals surface area (Å²) in [6.45, 7) is 7.02. The van der Waals surface area contributed by atoms with E-state index < -0.39 is 11.7 Å². The molecule has 1 aromatic carbocycles. The Morgan fingerprint density at radius 2 is 2.00 bits per heavy atom. The van der Waals surface area contributed by atoms with Crippen LogP contribution in [0.2, 0.25) is 0 Å². The molecule has 0 bridgehead atoms. The van der Waals surface area contributed by atoms with E-state index in [1.807, 2.05) is 39.0 Å². The summed E-state index contributed by atoms with van der Waals surface area (Å²) < 4.78 is 11.5. The molecule has 0 aromatic heterocycles. The first-order valence-corrected chi connectivity index (χ1v) is 9.85. The van der Waals surface area contributed by atoms with E-state index in [0.29, 0.717) is 12.1 Å². The summed E-state index contributed by atoms with van der Waals surface area (Å²) >= 11 is 0. The van der Waals surface area contributed by atoms with Gasteiger partial charge in [0.25, 0.3) is 0 Å². The van der Waals surface area contributed by atoms with Crippen LogP contribution in [0, 0.1) is 0 Å². The fourth-order valence-corrected chi connectivity index (χ4v) is 3.51. The zero-order valence-electron chi connectivity index (χ0n) is 16.5. The Hall–Kier alpha value is -2.24. The van der Waals surface area contributed by atoms with Crippen LogP contribution in [0.3, 0.4) is 0 Å². The number of anilines is 1. The van der Waals surface area contributed by atoms with Crippen LogP contribution in [-0.2, 0) is 4.74 Å². The maximum absolute atomic E-state index is 12.1. The van der Waals surface area contributed by atoms with Crippen LogP contribution in [0.5, 0.6) is 5.75 Å². The molecule has 2 fully saturated rings. The fraction of sp³-hybridized carbons (Fsp3) is 0.619. The molecule has 3 rings (SSSR count). The number of carbonyl (C=O) groups is 2. The summed E-state index contributed by atoms with van der Waals surface area (Å²) in [6.07, 6.45) is 5.86. The maximum Gasteiger partial charge on any atom is 0.407 e. The second-order valence-electron chi connectivity index (χ2n) is 8.41. The number of aldehydes is 1. The van der Waals surface area contributed by atoms with Gasteiger partial charge in [0.2, 0.25) is 0 Å². The summed E-state index contributed by atoms with van der Waals surface area (Å²) in [5.74, 6) is 0.766. The van der Waals surface area contributed by atoms with Gasteiger partial charge in [0.05, 0.1) is 11.8 Å². The zero-order valence-corrected chi connectivity index (χ0v) is 16.5. The molecule has 148 valence electrons. The number of rotatable bonds is 5. The number of hydrogen-bond donors (Lipinski definition) is 1. The number of ether oxygens (including phenoxy) is 2. The van der Waals surface area contributed by atoms with E-state index in [9.17, 15) is 9.59 Å². The largest absolute Gasteiger partial charge is 0.488 e. The van der Waals surface area contributed by atoms with E-state index in [0.717, 1.165) is 50.0 Å². The van der Waals surface area contributed by atoms with Crippen LogP contribution in [0.1, 0.15) is 63.2 Å². The molecule has 1 N–H and O–H groups in total. The third kappa shape index (κ3) is 5.15. The Morgan fingerprint density at radius 1 is 1.22 bits per heavy atom. The van der Waals surface area contributed by atoms with Crippen LogP contribution >= 0.6 is 0 Å². The standard InChI is InChI=1S/C21H30N2O4/c1-21(2,3)27-20(25)22-16-8-6-12-23(13-16)19-15(14-24)7-4-11-18(19)26-17-9-5-10-17/h4,7,11,14,16-17H,5-6,8-10,12-13H2,1-3H3,(H,22,25). The maximum atomic E-state index is 12.1. The lowest BCUT2D eigenvalue weighted by Gasteiger charge is -2.37. The topological polar surface area (TPSA) is 67.9 Å². The van der Waals surface area contributed by atoms with Gasteiger partial charge in [0.15, 0.2) is 6.29 Å². The first-order chi connectivity index (χ1) is 12.9. The SMILES string of the molecule is CC(C)(C)OC(=O)NC1CCCN(c2c(C=O)cccc2OC2CCC2)C1. The molecule has 6 nitrogen and oxygen atoms in total. The Kier molecular flexibility index (Phi) is 5.92. The zero-order chi connectivity index (χ0) is 19.4. The highest BCUT2D eigenvalue weighted by Crippen LogP contribution is 2.36. The quantitative estimate of drug-likeness (QED) is 0.791. The number of alkyl carbamates (subject to hydrolysis) is 1. The van der Waals surface area contributed by atoms with Gasteiger partial charge in [0.1, 0.15) is 11.4 Å². The third-order valence-electron chi connectivity index (χ3n) is 4.96. The van der Waals surface area contributed by atoms with E-state index >= 15 is 0 Å². The molecular weight excluding hydrogens is 344 g/mol. The predicted molar refractivity (Wildman–Crippen MR) is 105 cm³/mol. The molecule has 1 unspecified atom stereocenters. The van der Waals surface area contributed by atoms with Crippen molar-refractivity contribution in [3.8, 4) is 5.75 Å². The van der Waals surface area contributed by atoms with Crippen molar-refractivity contribution in [2.45, 2.75) is 70.6 Å². The minimum atomic E-state index is -0.521. The van der Waals surface area contributed by atoms with Crippen molar-refractivity contribution in [3.63, 3.8) is 0 Å². The van der Waals surface area contributed by atoms with Gasteiger partial charge in [0, 0.05) is 24.7 Å². The van der Waals surface area contributed by atoms with Crippen molar-refractivity contribution in [1.29, 1.82) is 0 Å². The van der Waals surface area contributed by atoms with Gasteiger partial charge in [-0.15, -0.1) is 0 Å². The molecule has 1 aromatic rings. The molecule has 2 aliphatic rings. The Balaban J connectivity index is 1.73. The molecule has 27 heavy (non-hydrogen) atoms. The first kappa shape index (κ1) is 19.5. The van der Waals surface area contributed by atoms with Gasteiger partial charge in [-0.05, 0) is 65.0 Å². The molecule has 0 radical (unpaired) electrons. The fourth-order valence-electron chi connectivity index (χ4n) is 3.51. The smallest absolute Gasteiger partial charge is 0.407 e. The molecular formula is C21H30N2O4. The van der Waals surface area contributed by atoms with E-state index in [1.165, 1.54) is 6.42 Å². The Morgan fingerprint density at radius 3 is 2.63 bits per heavy atom. The highest BCUT2D eigenvalue weighted by molar-refractivity contribution is 5.87. The predicted octanol–water partition coefficient (Wildman–Crippen LogP) is 3.92. The molecule has 1 atom stereocenters. The van der Waals surface area contributed by atoms with E-state index in [2.05, 4.69) is 10.2 Å². The number of nitrogens with one attached hydrogen (secondary N) is 1. The van der Waals surface area contributed by atoms with Crippen molar-refractivity contribution in [2.75, 3.05) is 18.0 Å². The van der Waals surface area contributed by atoms with E-state index in [4.69, 9.17) is 9.47 Å². The highest BCUT2D eigenvalue weighted by Gasteiger charge is 2.28. The van der Waals surface area contributed by atoms with Crippen molar-refractivity contribution < 1.29 is 19.1 Å². The van der Waals surface area contributed by atoms with Crippen LogP contribution in [-0.4, -0.2) is 43.2 Å². The normalized spacial score (nSPS) is 20.6. The van der Waals surface area contributed by atoms with Gasteiger partial charge >= 0.3 is 6.09 Å². The van der Waals surface area contributed by atoms with Crippen molar-refractivity contribution in [3.05, 3.63) is 23.8 Å². The van der Waals surface area contributed by atoms with Gasteiger partial charge in [-0.25, -0.2) is 4.79 Å². The average Bonchev–Trinajstić information content (AvgIpc) is 2.56. The number of amides is 1. The Labute approximate surface area is 161 Å². The average molecular weight is 374 g/mol. The summed E-state index contributed by atoms with van der Waals surface area (Å²) in [6, 6.07) is 5.60. The summed E-state index contributed by atoms with van der Waals surface area (Å²) in [5, 5.41) is 2.96. The molecule has 1 amide bonds. The molecule has 1 aliphatic carbocycles. The second kappa shape index (κ2) is 8.19. The van der Waals surface area contributed by atoms with E-state index in [1.54, 1.807) is 0 Å². The summed E-state index contributed by atoms with van der Waals surface area (Å²) in [4.78, 5) is 25.9. The summed E-state index contributed by atoms with van der Waals surface area (Å²) in [5.41, 5.74) is 0.951. The number of carbonyl (C=O) groups excluding carboxylic acids is 2. The van der Waals surface area contributed by atoms with Gasteiger partial charge in [-0.3, -0.25) is 4.79 Å². The van der Waals surface area contributed by atoms with Gasteiger partial charge in [-0.2, -0.15) is 0 Å². The number of piperidine rings is 1. The molecule has 1 saturated carbocycles. The highest BCUT2D eigenvalue weighted by atomic mass is 16.6. The molecule has 1 heterocycles. The lowest BCUT2D eigenvalue weighted by atomic mass is 9.96. The van der Waals surface area contributed by atoms with Crippen LogP contribution < -0.4 is 15.0 Å². The van der Waals surface area contributed by atoms with Crippen molar-refractivity contribution in [1.82, 2.24) is 5.32 Å².